The van der Waals surface area contributed by atoms with E-state index in [1.807, 2.05) is 71.3 Å². The largest absolute Gasteiger partial charge is 0.493 e. The molecule has 0 saturated carbocycles. The minimum absolute atomic E-state index is 0.0766. The molecule has 0 bridgehead atoms. The van der Waals surface area contributed by atoms with E-state index in [0.29, 0.717) is 18.6 Å². The van der Waals surface area contributed by atoms with Crippen molar-refractivity contribution in [1.82, 2.24) is 0 Å². The van der Waals surface area contributed by atoms with Crippen molar-refractivity contribution in [1.29, 1.82) is 0 Å². The van der Waals surface area contributed by atoms with Crippen molar-refractivity contribution in [2.24, 2.45) is 20.8 Å². The zero-order valence-corrected chi connectivity index (χ0v) is 34.0. The van der Waals surface area contributed by atoms with E-state index in [-0.39, 0.29) is 41.7 Å². The molecule has 2 rings (SSSR count). The fourth-order valence-corrected chi connectivity index (χ4v) is 6.26. The molecule has 0 aromatic heterocycles. The van der Waals surface area contributed by atoms with Crippen LogP contribution in [-0.2, 0) is 36.6 Å². The van der Waals surface area contributed by atoms with Crippen molar-refractivity contribution < 1.29 is 23.7 Å². The Morgan fingerprint density at radius 1 is 0.647 bits per heavy atom. The average Bonchev–Trinajstić information content (AvgIpc) is 3.01. The molecule has 0 saturated heterocycles. The second kappa shape index (κ2) is 19.5. The summed E-state index contributed by atoms with van der Waals surface area (Å²) >= 11 is 0. The maximum Gasteiger partial charge on any atom is 0.330 e. The summed E-state index contributed by atoms with van der Waals surface area (Å²) in [6.45, 7) is 31.1. The van der Waals surface area contributed by atoms with Gasteiger partial charge in [0.15, 0.2) is 0 Å². The van der Waals surface area contributed by atoms with E-state index < -0.39 is 23.3 Å². The lowest BCUT2D eigenvalue weighted by Crippen LogP contribution is -2.39. The molecule has 2 aromatic carbocycles. The van der Waals surface area contributed by atoms with Gasteiger partial charge in [-0.3, -0.25) is 9.98 Å². The van der Waals surface area contributed by atoms with Gasteiger partial charge in [0.25, 0.3) is 0 Å². The van der Waals surface area contributed by atoms with E-state index in [1.165, 1.54) is 11.1 Å². The molecule has 0 radical (unpaired) electrons. The second-order valence-corrected chi connectivity index (χ2v) is 17.0. The van der Waals surface area contributed by atoms with Crippen molar-refractivity contribution in [3.63, 3.8) is 0 Å². The van der Waals surface area contributed by atoms with Crippen LogP contribution in [0.3, 0.4) is 0 Å². The van der Waals surface area contributed by atoms with Crippen LogP contribution in [-0.4, -0.2) is 66.6 Å². The number of hydrogen-bond donors (Lipinski definition) is 0. The molecule has 0 heterocycles. The Bertz CT molecular complexity index is 1400. The molecular weight excluding hydrogens is 636 g/mol. The zero-order valence-electron chi connectivity index (χ0n) is 34.0. The standard InChI is InChI=1S/C44H68N2O5/c1-32(49-37(6)35(4)45-30-41(7,8)27-38-21-17-15-18-22-38)25-44(13,14)51-33(2)26-43(11,12)48-29-34(3)50-40(47)36(5)46-31-42(9,10)28-39-23-19-16-20-24-39/h15-24,30-36H,6,25-29H2,1-5,7-14H3/t32-,33?,34?,35?,36-/m1/s1. The summed E-state index contributed by atoms with van der Waals surface area (Å²) in [6.07, 6.45) is 6.41. The van der Waals surface area contributed by atoms with E-state index in [2.05, 4.69) is 96.4 Å². The van der Waals surface area contributed by atoms with Crippen LogP contribution in [0.1, 0.15) is 114 Å². The Morgan fingerprint density at radius 2 is 1.10 bits per heavy atom. The van der Waals surface area contributed by atoms with Gasteiger partial charge in [-0.25, -0.2) is 4.79 Å². The van der Waals surface area contributed by atoms with Gasteiger partial charge < -0.3 is 18.9 Å². The van der Waals surface area contributed by atoms with Crippen molar-refractivity contribution in [2.45, 2.75) is 157 Å². The van der Waals surface area contributed by atoms with Crippen LogP contribution in [0.4, 0.5) is 0 Å². The molecule has 0 amide bonds. The van der Waals surface area contributed by atoms with Crippen molar-refractivity contribution in [3.8, 4) is 0 Å². The maximum absolute atomic E-state index is 12.8. The Labute approximate surface area is 310 Å². The molecule has 2 aromatic rings. The number of aliphatic imine (C=N–C) groups is 2. The SMILES string of the molecule is C=C(O[C@H](C)CC(C)(C)OC(C)CC(C)(C)OCC(C)OC(=O)[C@@H](C)N=CC(C)(C)Cc1ccccc1)C(C)N=CC(C)(C)Cc1ccccc1. The number of carbonyl (C=O) groups is 1. The smallest absolute Gasteiger partial charge is 0.330 e. The normalized spacial score (nSPS) is 16.1. The summed E-state index contributed by atoms with van der Waals surface area (Å²) in [5.41, 5.74) is 1.33. The minimum atomic E-state index is -0.595. The number of nitrogens with zero attached hydrogens (tertiary/aromatic N) is 2. The highest BCUT2D eigenvalue weighted by atomic mass is 16.6. The fraction of sp³-hybridized carbons (Fsp3) is 0.614. The van der Waals surface area contributed by atoms with Crippen molar-refractivity contribution >= 4 is 18.4 Å². The molecule has 0 spiro atoms. The molecule has 0 N–H and O–H groups in total. The maximum atomic E-state index is 12.8. The van der Waals surface area contributed by atoms with Gasteiger partial charge in [-0.15, -0.1) is 0 Å². The number of esters is 1. The minimum Gasteiger partial charge on any atom is -0.493 e. The van der Waals surface area contributed by atoms with Gasteiger partial charge in [-0.1, -0.05) is 94.9 Å². The molecule has 5 atom stereocenters. The molecule has 0 aliphatic heterocycles. The molecular formula is C44H68N2O5. The number of ether oxygens (including phenoxy) is 4. The molecule has 7 nitrogen and oxygen atoms in total. The molecule has 0 aliphatic carbocycles. The van der Waals surface area contributed by atoms with Gasteiger partial charge in [0.2, 0.25) is 0 Å². The Morgan fingerprint density at radius 3 is 1.59 bits per heavy atom. The Hall–Kier alpha value is -3.29. The van der Waals surface area contributed by atoms with E-state index in [0.717, 1.165) is 12.8 Å². The molecule has 0 aliphatic rings. The number of benzene rings is 2. The van der Waals surface area contributed by atoms with Crippen LogP contribution in [0.15, 0.2) is 83.0 Å². The first-order valence-corrected chi connectivity index (χ1v) is 18.6. The summed E-state index contributed by atoms with van der Waals surface area (Å²) in [7, 11) is 0. The van der Waals surface area contributed by atoms with Crippen molar-refractivity contribution in [2.75, 3.05) is 6.61 Å². The fourth-order valence-electron chi connectivity index (χ4n) is 6.26. The quantitative estimate of drug-likeness (QED) is 0.0693. The summed E-state index contributed by atoms with van der Waals surface area (Å²) in [6, 6.07) is 20.0. The molecule has 7 heteroatoms. The van der Waals surface area contributed by atoms with Gasteiger partial charge in [0.05, 0.1) is 30.0 Å². The number of rotatable bonds is 22. The summed E-state index contributed by atoms with van der Waals surface area (Å²) in [4.78, 5) is 22.1. The monoisotopic (exact) mass is 705 g/mol. The third kappa shape index (κ3) is 18.2. The first kappa shape index (κ1) is 43.9. The van der Waals surface area contributed by atoms with E-state index in [9.17, 15) is 4.79 Å². The zero-order chi connectivity index (χ0) is 38.5. The van der Waals surface area contributed by atoms with Crippen LogP contribution in [0.25, 0.3) is 0 Å². The number of carbonyl (C=O) groups excluding carboxylic acids is 1. The van der Waals surface area contributed by atoms with Gasteiger partial charge >= 0.3 is 5.97 Å². The van der Waals surface area contributed by atoms with Crippen LogP contribution in [0.5, 0.6) is 0 Å². The van der Waals surface area contributed by atoms with Gasteiger partial charge in [-0.2, -0.15) is 0 Å². The predicted molar refractivity (Wildman–Crippen MR) is 213 cm³/mol. The average molecular weight is 705 g/mol. The van der Waals surface area contributed by atoms with Crippen LogP contribution in [0, 0.1) is 10.8 Å². The Kier molecular flexibility index (Phi) is 16.8. The first-order valence-electron chi connectivity index (χ1n) is 18.6. The highest BCUT2D eigenvalue weighted by Crippen LogP contribution is 2.28. The Balaban J connectivity index is 1.77. The van der Waals surface area contributed by atoms with E-state index in [1.54, 1.807) is 6.92 Å². The van der Waals surface area contributed by atoms with E-state index >= 15 is 0 Å². The van der Waals surface area contributed by atoms with Crippen molar-refractivity contribution in [3.05, 3.63) is 84.1 Å². The summed E-state index contributed by atoms with van der Waals surface area (Å²) in [5.74, 6) is 0.289. The molecule has 284 valence electrons. The molecule has 51 heavy (non-hydrogen) atoms. The lowest BCUT2D eigenvalue weighted by molar-refractivity contribution is -0.159. The number of hydrogen-bond acceptors (Lipinski definition) is 7. The highest BCUT2D eigenvalue weighted by Gasteiger charge is 2.30. The summed E-state index contributed by atoms with van der Waals surface area (Å²) in [5, 5.41) is 0. The highest BCUT2D eigenvalue weighted by molar-refractivity contribution is 5.78. The predicted octanol–water partition coefficient (Wildman–Crippen LogP) is 10.1. The summed E-state index contributed by atoms with van der Waals surface area (Å²) < 4.78 is 24.6. The third-order valence-electron chi connectivity index (χ3n) is 8.56. The van der Waals surface area contributed by atoms with Crippen LogP contribution < -0.4 is 0 Å². The van der Waals surface area contributed by atoms with Gasteiger partial charge in [0, 0.05) is 36.1 Å². The van der Waals surface area contributed by atoms with Crippen LogP contribution in [0.2, 0.25) is 0 Å². The first-order chi connectivity index (χ1) is 23.6. The lowest BCUT2D eigenvalue weighted by Gasteiger charge is -2.35. The lowest BCUT2D eigenvalue weighted by atomic mass is 9.87. The third-order valence-corrected chi connectivity index (χ3v) is 8.56. The van der Waals surface area contributed by atoms with Gasteiger partial charge in [0.1, 0.15) is 23.9 Å². The topological polar surface area (TPSA) is 78.7 Å². The van der Waals surface area contributed by atoms with Crippen LogP contribution >= 0.6 is 0 Å². The van der Waals surface area contributed by atoms with Gasteiger partial charge in [-0.05, 0) is 86.3 Å². The molecule has 3 unspecified atom stereocenters. The molecule has 0 fully saturated rings. The van der Waals surface area contributed by atoms with E-state index in [4.69, 9.17) is 23.9 Å². The second-order valence-electron chi connectivity index (χ2n) is 17.0.